The van der Waals surface area contributed by atoms with E-state index in [0.29, 0.717) is 49.7 Å². The number of fused-ring (bicyclic) bond motifs is 1. The molecule has 11 heteroatoms. The molecular formula is C21H27N5O6. The number of hydrogen-bond donors (Lipinski definition) is 3. The summed E-state index contributed by atoms with van der Waals surface area (Å²) in [5.41, 5.74) is 8.94. The topological polar surface area (TPSA) is 163 Å². The van der Waals surface area contributed by atoms with Gasteiger partial charge in [0.1, 0.15) is 13.2 Å². The maximum Gasteiger partial charge on any atom is 0.305 e. The van der Waals surface area contributed by atoms with Crippen LogP contribution >= 0.6 is 0 Å². The molecule has 3 N–H and O–H groups in total. The van der Waals surface area contributed by atoms with Crippen LogP contribution in [-0.4, -0.2) is 55.2 Å². The molecule has 1 aromatic rings. The van der Waals surface area contributed by atoms with Crippen molar-refractivity contribution in [3.8, 4) is 11.5 Å². The van der Waals surface area contributed by atoms with Crippen LogP contribution in [0.5, 0.6) is 11.5 Å². The summed E-state index contributed by atoms with van der Waals surface area (Å²) in [6.45, 7) is 1.36. The molecule has 2 amide bonds. The molecule has 0 aromatic heterocycles. The largest absolute Gasteiger partial charge is 0.486 e. The van der Waals surface area contributed by atoms with Crippen molar-refractivity contribution in [2.75, 3.05) is 26.3 Å². The van der Waals surface area contributed by atoms with Gasteiger partial charge in [-0.2, -0.15) is 0 Å². The van der Waals surface area contributed by atoms with Crippen LogP contribution < -0.4 is 20.1 Å². The number of carbonyl (C=O) groups excluding carboxylic acids is 2. The predicted molar refractivity (Wildman–Crippen MR) is 113 cm³/mol. The Kier molecular flexibility index (Phi) is 8.15. The first-order valence-electron chi connectivity index (χ1n) is 10.7. The molecule has 11 nitrogen and oxygen atoms in total. The number of carbonyl (C=O) groups is 3. The van der Waals surface area contributed by atoms with Gasteiger partial charge in [0.15, 0.2) is 11.5 Å². The molecular weight excluding hydrogens is 418 g/mol. The summed E-state index contributed by atoms with van der Waals surface area (Å²) >= 11 is 0. The van der Waals surface area contributed by atoms with Crippen LogP contribution in [0.15, 0.2) is 23.3 Å². The van der Waals surface area contributed by atoms with Gasteiger partial charge in [0.25, 0.3) is 5.91 Å². The summed E-state index contributed by atoms with van der Waals surface area (Å²) in [6, 6.07) is 4.38. The molecule has 32 heavy (non-hydrogen) atoms. The van der Waals surface area contributed by atoms with Crippen LogP contribution in [-0.2, 0) is 9.59 Å². The Morgan fingerprint density at radius 3 is 2.56 bits per heavy atom. The van der Waals surface area contributed by atoms with Gasteiger partial charge < -0.3 is 25.2 Å². The Morgan fingerprint density at radius 2 is 1.88 bits per heavy atom. The summed E-state index contributed by atoms with van der Waals surface area (Å²) in [5, 5.41) is 18.0. The Balaban J connectivity index is 1.43. The van der Waals surface area contributed by atoms with E-state index >= 15 is 0 Å². The number of carboxylic acids is 1. The van der Waals surface area contributed by atoms with E-state index in [9.17, 15) is 14.4 Å². The van der Waals surface area contributed by atoms with Gasteiger partial charge in [-0.1, -0.05) is 5.11 Å². The minimum absolute atomic E-state index is 0.101. The number of carboxylic acid groups (broad SMARTS) is 1. The Bertz CT molecular complexity index is 889. The minimum Gasteiger partial charge on any atom is -0.486 e. The second-order valence-corrected chi connectivity index (χ2v) is 8.00. The van der Waals surface area contributed by atoms with Crippen LogP contribution in [0.1, 0.15) is 42.5 Å². The molecule has 0 spiro atoms. The first kappa shape index (κ1) is 23.2. The van der Waals surface area contributed by atoms with Crippen molar-refractivity contribution < 1.29 is 29.0 Å². The number of amides is 2. The van der Waals surface area contributed by atoms with Crippen LogP contribution in [0.3, 0.4) is 0 Å². The molecule has 0 bridgehead atoms. The van der Waals surface area contributed by atoms with Gasteiger partial charge in [-0.3, -0.25) is 14.4 Å². The van der Waals surface area contributed by atoms with E-state index in [-0.39, 0.29) is 36.6 Å². The maximum absolute atomic E-state index is 12.5. The average molecular weight is 445 g/mol. The summed E-state index contributed by atoms with van der Waals surface area (Å²) < 4.78 is 11.0. The van der Waals surface area contributed by atoms with Gasteiger partial charge in [-0.05, 0) is 55.3 Å². The van der Waals surface area contributed by atoms with Gasteiger partial charge >= 0.3 is 5.97 Å². The van der Waals surface area contributed by atoms with E-state index in [0.717, 1.165) is 12.8 Å². The first-order chi connectivity index (χ1) is 15.5. The molecule has 1 aliphatic heterocycles. The molecule has 1 aromatic carbocycles. The number of ether oxygens (including phenoxy) is 2. The number of azide groups is 1. The third-order valence-corrected chi connectivity index (χ3v) is 5.71. The van der Waals surface area contributed by atoms with Crippen molar-refractivity contribution in [1.29, 1.82) is 0 Å². The second-order valence-electron chi connectivity index (χ2n) is 8.00. The fraction of sp³-hybridized carbons (Fsp3) is 0.571. The van der Waals surface area contributed by atoms with Gasteiger partial charge in [0, 0.05) is 35.5 Å². The lowest BCUT2D eigenvalue weighted by atomic mass is 9.81. The number of rotatable bonds is 9. The molecule has 1 atom stereocenters. The zero-order chi connectivity index (χ0) is 22.9. The average Bonchev–Trinajstić information content (AvgIpc) is 2.80. The third kappa shape index (κ3) is 6.52. The molecule has 3 rings (SSSR count). The Morgan fingerprint density at radius 1 is 1.16 bits per heavy atom. The van der Waals surface area contributed by atoms with E-state index in [1.807, 2.05) is 0 Å². The first-order valence-corrected chi connectivity index (χ1v) is 10.7. The summed E-state index contributed by atoms with van der Waals surface area (Å²) in [7, 11) is 0. The monoisotopic (exact) mass is 445 g/mol. The van der Waals surface area contributed by atoms with Crippen molar-refractivity contribution >= 4 is 17.8 Å². The van der Waals surface area contributed by atoms with Gasteiger partial charge in [0.2, 0.25) is 5.91 Å². The fourth-order valence-corrected chi connectivity index (χ4v) is 3.98. The molecule has 172 valence electrons. The van der Waals surface area contributed by atoms with Crippen molar-refractivity contribution in [3.63, 3.8) is 0 Å². The van der Waals surface area contributed by atoms with Crippen molar-refractivity contribution in [2.24, 2.45) is 17.0 Å². The lowest BCUT2D eigenvalue weighted by molar-refractivity contribution is -0.137. The van der Waals surface area contributed by atoms with E-state index < -0.39 is 12.0 Å². The SMILES string of the molecule is [N-]=[N+]=NC[C@H](CC(=O)O)NC(=O)C1CCC(CNC(=O)c2ccc3c(c2)OCCO3)CC1. The van der Waals surface area contributed by atoms with E-state index in [1.165, 1.54) is 0 Å². The molecule has 0 unspecified atom stereocenters. The summed E-state index contributed by atoms with van der Waals surface area (Å²) in [4.78, 5) is 38.5. The number of nitrogens with one attached hydrogen (secondary N) is 2. The molecule has 0 radical (unpaired) electrons. The lowest BCUT2D eigenvalue weighted by Gasteiger charge is -2.29. The predicted octanol–water partition coefficient (Wildman–Crippen LogP) is 2.26. The van der Waals surface area contributed by atoms with Crippen LogP contribution in [0.2, 0.25) is 0 Å². The number of hydrogen-bond acceptors (Lipinski definition) is 6. The minimum atomic E-state index is -1.07. The van der Waals surface area contributed by atoms with Crippen LogP contribution in [0.25, 0.3) is 10.4 Å². The molecule has 1 fully saturated rings. The normalized spacial score (nSPS) is 20.4. The second kappa shape index (κ2) is 11.2. The highest BCUT2D eigenvalue weighted by molar-refractivity contribution is 5.94. The van der Waals surface area contributed by atoms with Gasteiger partial charge in [-0.15, -0.1) is 0 Å². The highest BCUT2D eigenvalue weighted by atomic mass is 16.6. The number of benzene rings is 1. The zero-order valence-electron chi connectivity index (χ0n) is 17.7. The maximum atomic E-state index is 12.5. The highest BCUT2D eigenvalue weighted by Crippen LogP contribution is 2.31. The van der Waals surface area contributed by atoms with Crippen LogP contribution in [0.4, 0.5) is 0 Å². The highest BCUT2D eigenvalue weighted by Gasteiger charge is 2.28. The van der Waals surface area contributed by atoms with Gasteiger partial charge in [0.05, 0.1) is 6.42 Å². The molecule has 2 aliphatic rings. The van der Waals surface area contributed by atoms with E-state index in [1.54, 1.807) is 18.2 Å². The Labute approximate surface area is 185 Å². The van der Waals surface area contributed by atoms with Crippen molar-refractivity contribution in [2.45, 2.75) is 38.1 Å². The van der Waals surface area contributed by atoms with Gasteiger partial charge in [-0.25, -0.2) is 0 Å². The number of nitrogens with zero attached hydrogens (tertiary/aromatic N) is 3. The Hall–Kier alpha value is -3.46. The zero-order valence-corrected chi connectivity index (χ0v) is 17.7. The quantitative estimate of drug-likeness (QED) is 0.300. The van der Waals surface area contributed by atoms with Crippen LogP contribution in [0, 0.1) is 11.8 Å². The van der Waals surface area contributed by atoms with E-state index in [4.69, 9.17) is 20.1 Å². The smallest absolute Gasteiger partial charge is 0.305 e. The van der Waals surface area contributed by atoms with Crippen molar-refractivity contribution in [3.05, 3.63) is 34.2 Å². The molecule has 1 heterocycles. The third-order valence-electron chi connectivity index (χ3n) is 5.71. The summed E-state index contributed by atoms with van der Waals surface area (Å²) in [5.74, 6) is -0.229. The van der Waals surface area contributed by atoms with E-state index in [2.05, 4.69) is 20.7 Å². The molecule has 0 saturated heterocycles. The van der Waals surface area contributed by atoms with Crippen molar-refractivity contribution in [1.82, 2.24) is 10.6 Å². The summed E-state index contributed by atoms with van der Waals surface area (Å²) in [6.07, 6.45) is 2.56. The number of aliphatic carboxylic acids is 1. The molecule has 1 aliphatic carbocycles. The lowest BCUT2D eigenvalue weighted by Crippen LogP contribution is -2.43. The fourth-order valence-electron chi connectivity index (χ4n) is 3.98. The molecule has 1 saturated carbocycles. The standard InChI is InChI=1S/C21H27N5O6/c22-26-24-12-16(10-19(27)28)25-21(30)14-3-1-13(2-4-14)11-23-20(29)15-5-6-17-18(9-15)32-8-7-31-17/h5-6,9,13-14,16H,1-4,7-8,10-12H2,(H,23,29)(H,25,30)(H,27,28)/t13?,14?,16-/m0/s1.